The van der Waals surface area contributed by atoms with Gasteiger partial charge in [-0.15, -0.1) is 0 Å². The number of nitrogens with zero attached hydrogens (tertiary/aromatic N) is 1. The highest BCUT2D eigenvalue weighted by Crippen LogP contribution is 2.46. The van der Waals surface area contributed by atoms with E-state index in [-0.39, 0.29) is 48.1 Å². The normalized spacial score (nSPS) is 29.9. The molecule has 1 heterocycles. The lowest BCUT2D eigenvalue weighted by molar-refractivity contribution is -0.144. The fraction of sp³-hybridized carbons (Fsp3) is 0.773. The van der Waals surface area contributed by atoms with Gasteiger partial charge in [0.15, 0.2) is 0 Å². The van der Waals surface area contributed by atoms with Crippen LogP contribution in [0.2, 0.25) is 0 Å². The first-order chi connectivity index (χ1) is 13.7. The van der Waals surface area contributed by atoms with Crippen LogP contribution in [0.3, 0.4) is 0 Å². The fourth-order valence-electron chi connectivity index (χ4n) is 4.92. The van der Waals surface area contributed by atoms with Gasteiger partial charge in [-0.05, 0) is 32.1 Å². The lowest BCUT2D eigenvalue weighted by Crippen LogP contribution is -2.54. The van der Waals surface area contributed by atoms with Gasteiger partial charge in [0.2, 0.25) is 17.7 Å². The Kier molecular flexibility index (Phi) is 7.86. The van der Waals surface area contributed by atoms with Crippen LogP contribution >= 0.6 is 0 Å². The molecule has 0 aromatic heterocycles. The predicted molar refractivity (Wildman–Crippen MR) is 112 cm³/mol. The molecule has 0 unspecified atom stereocenters. The first kappa shape index (κ1) is 23.4. The molecule has 0 aromatic rings. The summed E-state index contributed by atoms with van der Waals surface area (Å²) in [7, 11) is 1.59. The highest BCUT2D eigenvalue weighted by Gasteiger charge is 2.58. The van der Waals surface area contributed by atoms with E-state index >= 15 is 0 Å². The number of carbonyl (C=O) groups is 3. The first-order valence-electron chi connectivity index (χ1n) is 10.8. The molecule has 7 nitrogen and oxygen atoms in total. The highest BCUT2D eigenvalue weighted by atomic mass is 16.3. The summed E-state index contributed by atoms with van der Waals surface area (Å²) in [6, 6.07) is -1.26. The van der Waals surface area contributed by atoms with Gasteiger partial charge in [-0.25, -0.2) is 0 Å². The van der Waals surface area contributed by atoms with Crippen LogP contribution in [0.1, 0.15) is 47.5 Å². The minimum Gasteiger partial charge on any atom is -0.394 e. The molecule has 7 heteroatoms. The second-order valence-electron chi connectivity index (χ2n) is 8.93. The Bertz CT molecular complexity index is 646. The van der Waals surface area contributed by atoms with Crippen LogP contribution < -0.4 is 10.6 Å². The number of aliphatic hydroxyl groups is 1. The van der Waals surface area contributed by atoms with E-state index in [1.54, 1.807) is 11.9 Å². The molecular formula is C22H37N3O4. The summed E-state index contributed by atoms with van der Waals surface area (Å²) in [6.45, 7) is 9.46. The van der Waals surface area contributed by atoms with E-state index in [0.717, 1.165) is 12.8 Å². The van der Waals surface area contributed by atoms with Crippen LogP contribution in [0.25, 0.3) is 0 Å². The molecule has 0 radical (unpaired) electrons. The third-order valence-corrected chi connectivity index (χ3v) is 6.23. The minimum atomic E-state index is -0.722. The smallest absolute Gasteiger partial charge is 0.243 e. The first-order valence-corrected chi connectivity index (χ1v) is 10.8. The summed E-state index contributed by atoms with van der Waals surface area (Å²) in [4.78, 5) is 41.2. The highest BCUT2D eigenvalue weighted by molar-refractivity contribution is 5.97. The molecule has 1 saturated heterocycles. The van der Waals surface area contributed by atoms with Gasteiger partial charge in [-0.2, -0.15) is 0 Å². The van der Waals surface area contributed by atoms with Crippen LogP contribution in [0.5, 0.6) is 0 Å². The zero-order valence-electron chi connectivity index (χ0n) is 18.5. The van der Waals surface area contributed by atoms with Crippen molar-refractivity contribution >= 4 is 17.7 Å². The molecule has 3 amide bonds. The molecule has 0 aromatic carbocycles. The van der Waals surface area contributed by atoms with E-state index in [1.165, 1.54) is 0 Å². The van der Waals surface area contributed by atoms with Crippen LogP contribution in [-0.4, -0.2) is 59.5 Å². The maximum Gasteiger partial charge on any atom is 0.243 e. The quantitative estimate of drug-likeness (QED) is 0.529. The van der Waals surface area contributed by atoms with Crippen LogP contribution in [0.4, 0.5) is 0 Å². The summed E-state index contributed by atoms with van der Waals surface area (Å²) in [6.07, 6.45) is 5.68. The molecule has 0 spiro atoms. The number of nitrogens with one attached hydrogen (secondary N) is 2. The van der Waals surface area contributed by atoms with E-state index in [2.05, 4.69) is 17.6 Å². The number of amides is 3. The molecule has 3 N–H and O–H groups in total. The second kappa shape index (κ2) is 9.74. The molecule has 2 aliphatic rings. The van der Waals surface area contributed by atoms with Gasteiger partial charge in [0.05, 0.1) is 24.5 Å². The van der Waals surface area contributed by atoms with Crippen molar-refractivity contribution in [2.45, 2.75) is 65.6 Å². The predicted octanol–water partition coefficient (Wildman–Crippen LogP) is 1.32. The fourth-order valence-corrected chi connectivity index (χ4v) is 4.92. The SMILES string of the molecule is CCC[C@@H]1C=C[C@H]2[C@@H](C(=O)N([C@@H](CO)C(C)C)[C@@H]2C(=O)NC(C)C)[C@@H]1C(=O)NC. The van der Waals surface area contributed by atoms with Gasteiger partial charge in [0, 0.05) is 19.0 Å². The Balaban J connectivity index is 2.55. The largest absolute Gasteiger partial charge is 0.394 e. The molecule has 2 rings (SSSR count). The lowest BCUT2D eigenvalue weighted by Gasteiger charge is -2.35. The molecule has 1 aliphatic carbocycles. The average Bonchev–Trinajstić information content (AvgIpc) is 2.94. The number of carbonyl (C=O) groups excluding carboxylic acids is 3. The van der Waals surface area contributed by atoms with Gasteiger partial charge in [0.25, 0.3) is 0 Å². The van der Waals surface area contributed by atoms with Crippen molar-refractivity contribution < 1.29 is 19.5 Å². The molecule has 0 saturated carbocycles. The summed E-state index contributed by atoms with van der Waals surface area (Å²) in [5.41, 5.74) is 0. The third-order valence-electron chi connectivity index (χ3n) is 6.23. The van der Waals surface area contributed by atoms with Gasteiger partial charge in [-0.1, -0.05) is 39.3 Å². The average molecular weight is 408 g/mol. The molecule has 1 fully saturated rings. The number of allylic oxidation sites excluding steroid dienone is 1. The van der Waals surface area contributed by atoms with Gasteiger partial charge >= 0.3 is 0 Å². The Morgan fingerprint density at radius 2 is 1.83 bits per heavy atom. The Morgan fingerprint density at radius 3 is 2.31 bits per heavy atom. The molecule has 164 valence electrons. The number of hydrogen-bond acceptors (Lipinski definition) is 4. The maximum absolute atomic E-state index is 13.6. The van der Waals surface area contributed by atoms with Gasteiger partial charge in [-0.3, -0.25) is 14.4 Å². The number of likely N-dealkylation sites (tertiary alicyclic amines) is 1. The topological polar surface area (TPSA) is 98.7 Å². The lowest BCUT2D eigenvalue weighted by atomic mass is 9.68. The van der Waals surface area contributed by atoms with E-state index < -0.39 is 23.9 Å². The Labute approximate surface area is 174 Å². The van der Waals surface area contributed by atoms with Crippen molar-refractivity contribution in [2.24, 2.45) is 29.6 Å². The van der Waals surface area contributed by atoms with E-state index in [4.69, 9.17) is 0 Å². The van der Waals surface area contributed by atoms with E-state index in [0.29, 0.717) is 0 Å². The van der Waals surface area contributed by atoms with Crippen molar-refractivity contribution in [1.29, 1.82) is 0 Å². The standard InChI is InChI=1S/C22H37N3O4/c1-7-8-14-9-10-15-18(17(14)20(27)23-6)22(29)25(16(11-26)12(2)3)19(15)21(28)24-13(4)5/h9-10,12-19,26H,7-8,11H2,1-6H3,(H,23,27)(H,24,28)/t14-,15+,16+,17-,18-,19+/m1/s1. The summed E-state index contributed by atoms with van der Waals surface area (Å²) >= 11 is 0. The van der Waals surface area contributed by atoms with Crippen molar-refractivity contribution in [1.82, 2.24) is 15.5 Å². The van der Waals surface area contributed by atoms with Crippen molar-refractivity contribution in [3.05, 3.63) is 12.2 Å². The van der Waals surface area contributed by atoms with Crippen LogP contribution in [-0.2, 0) is 14.4 Å². The monoisotopic (exact) mass is 407 g/mol. The summed E-state index contributed by atoms with van der Waals surface area (Å²) < 4.78 is 0. The molecule has 29 heavy (non-hydrogen) atoms. The molecule has 6 atom stereocenters. The summed E-state index contributed by atoms with van der Waals surface area (Å²) in [5.74, 6) is -2.13. The number of fused-ring (bicyclic) bond motifs is 1. The zero-order valence-corrected chi connectivity index (χ0v) is 18.5. The van der Waals surface area contributed by atoms with E-state index in [9.17, 15) is 19.5 Å². The third kappa shape index (κ3) is 4.49. The summed E-state index contributed by atoms with van der Waals surface area (Å²) in [5, 5.41) is 15.7. The second-order valence-corrected chi connectivity index (χ2v) is 8.93. The maximum atomic E-state index is 13.6. The number of aliphatic hydroxyl groups excluding tert-OH is 1. The van der Waals surface area contributed by atoms with Crippen molar-refractivity contribution in [3.63, 3.8) is 0 Å². The Morgan fingerprint density at radius 1 is 1.17 bits per heavy atom. The van der Waals surface area contributed by atoms with Crippen molar-refractivity contribution in [3.8, 4) is 0 Å². The molecule has 1 aliphatic heterocycles. The molecular weight excluding hydrogens is 370 g/mol. The minimum absolute atomic E-state index is 0.0210. The van der Waals surface area contributed by atoms with Gasteiger partial charge < -0.3 is 20.6 Å². The van der Waals surface area contributed by atoms with Gasteiger partial charge in [0.1, 0.15) is 6.04 Å². The number of rotatable bonds is 8. The van der Waals surface area contributed by atoms with Crippen molar-refractivity contribution in [2.75, 3.05) is 13.7 Å². The van der Waals surface area contributed by atoms with Crippen LogP contribution in [0, 0.1) is 29.6 Å². The molecule has 0 bridgehead atoms. The zero-order chi connectivity index (χ0) is 21.9. The van der Waals surface area contributed by atoms with E-state index in [1.807, 2.05) is 39.8 Å². The number of hydrogen-bond donors (Lipinski definition) is 3. The Hall–Kier alpha value is -1.89. The van der Waals surface area contributed by atoms with Crippen LogP contribution in [0.15, 0.2) is 12.2 Å².